The predicted octanol–water partition coefficient (Wildman–Crippen LogP) is 4.14. The third-order valence-corrected chi connectivity index (χ3v) is 3.47. The molecule has 2 aromatic carbocycles. The molecule has 0 aromatic heterocycles. The summed E-state index contributed by atoms with van der Waals surface area (Å²) in [7, 11) is 0. The zero-order valence-corrected chi connectivity index (χ0v) is 12.2. The van der Waals surface area contributed by atoms with Crippen molar-refractivity contribution in [2.45, 2.75) is 19.0 Å². The molecule has 0 aliphatic rings. The minimum Gasteiger partial charge on any atom is -0.492 e. The van der Waals surface area contributed by atoms with Crippen LogP contribution in [-0.2, 0) is 6.18 Å². The number of ether oxygens (including phenoxy) is 1. The van der Waals surface area contributed by atoms with Crippen molar-refractivity contribution >= 4 is 0 Å². The molecule has 22 heavy (non-hydrogen) atoms. The minimum atomic E-state index is -4.43. The van der Waals surface area contributed by atoms with Gasteiger partial charge in [0, 0.05) is 12.5 Å². The molecule has 1 unspecified atom stereocenters. The van der Waals surface area contributed by atoms with Gasteiger partial charge in [0.05, 0.1) is 12.2 Å². The van der Waals surface area contributed by atoms with Gasteiger partial charge in [0.2, 0.25) is 0 Å². The Morgan fingerprint density at radius 3 is 2.27 bits per heavy atom. The van der Waals surface area contributed by atoms with Crippen LogP contribution in [0.2, 0.25) is 0 Å². The minimum absolute atomic E-state index is 0.104. The Morgan fingerprint density at radius 1 is 1.05 bits per heavy atom. The molecule has 0 fully saturated rings. The summed E-state index contributed by atoms with van der Waals surface area (Å²) in [5.74, 6) is -0.317. The quantitative estimate of drug-likeness (QED) is 0.901. The van der Waals surface area contributed by atoms with Crippen LogP contribution in [0.1, 0.15) is 22.6 Å². The normalized spacial score (nSPS) is 13.0. The number of halogens is 3. The lowest BCUT2D eigenvalue weighted by Crippen LogP contribution is -2.20. The van der Waals surface area contributed by atoms with Crippen LogP contribution in [-0.4, -0.2) is 13.2 Å². The van der Waals surface area contributed by atoms with Gasteiger partial charge in [-0.05, 0) is 24.6 Å². The number of aryl methyl sites for hydroxylation is 1. The molecule has 2 rings (SSSR count). The average molecular weight is 309 g/mol. The molecule has 0 saturated heterocycles. The molecule has 2 N–H and O–H groups in total. The Kier molecular flexibility index (Phi) is 5.08. The van der Waals surface area contributed by atoms with Crippen LogP contribution in [0.5, 0.6) is 5.75 Å². The molecule has 0 heterocycles. The zero-order valence-electron chi connectivity index (χ0n) is 12.2. The highest BCUT2D eigenvalue weighted by molar-refractivity contribution is 5.35. The first-order valence-corrected chi connectivity index (χ1v) is 6.97. The maximum absolute atomic E-state index is 12.9. The summed E-state index contributed by atoms with van der Waals surface area (Å²) < 4.78 is 44.2. The van der Waals surface area contributed by atoms with E-state index in [1.165, 1.54) is 18.2 Å². The van der Waals surface area contributed by atoms with Crippen molar-refractivity contribution < 1.29 is 17.9 Å². The van der Waals surface area contributed by atoms with Gasteiger partial charge in [-0.1, -0.05) is 42.0 Å². The Morgan fingerprint density at radius 2 is 1.68 bits per heavy atom. The molecule has 0 amide bonds. The van der Waals surface area contributed by atoms with E-state index in [4.69, 9.17) is 10.5 Å². The lowest BCUT2D eigenvalue weighted by atomic mass is 9.99. The van der Waals surface area contributed by atoms with Crippen LogP contribution >= 0.6 is 0 Å². The second kappa shape index (κ2) is 6.83. The molecular weight excluding hydrogens is 291 g/mol. The lowest BCUT2D eigenvalue weighted by molar-refractivity contribution is -0.139. The number of alkyl halides is 3. The number of hydrogen-bond acceptors (Lipinski definition) is 2. The van der Waals surface area contributed by atoms with Crippen molar-refractivity contribution in [2.75, 3.05) is 13.2 Å². The Bertz CT molecular complexity index is 608. The Labute approximate surface area is 127 Å². The first kappa shape index (κ1) is 16.4. The van der Waals surface area contributed by atoms with Gasteiger partial charge in [-0.2, -0.15) is 13.2 Å². The maximum atomic E-state index is 12.9. The zero-order chi connectivity index (χ0) is 16.2. The molecule has 0 spiro atoms. The molecule has 0 bridgehead atoms. The van der Waals surface area contributed by atoms with E-state index in [1.807, 2.05) is 31.2 Å². The molecule has 0 radical (unpaired) electrons. The Hall–Kier alpha value is -2.01. The second-order valence-corrected chi connectivity index (χ2v) is 5.15. The van der Waals surface area contributed by atoms with Crippen LogP contribution in [0.3, 0.4) is 0 Å². The van der Waals surface area contributed by atoms with E-state index in [2.05, 4.69) is 0 Å². The maximum Gasteiger partial charge on any atom is 0.419 e. The van der Waals surface area contributed by atoms with Gasteiger partial charge in [0.25, 0.3) is 0 Å². The monoisotopic (exact) mass is 309 g/mol. The number of rotatable bonds is 5. The van der Waals surface area contributed by atoms with Gasteiger partial charge in [0.15, 0.2) is 0 Å². The van der Waals surface area contributed by atoms with Crippen LogP contribution in [0.25, 0.3) is 0 Å². The molecule has 5 heteroatoms. The lowest BCUT2D eigenvalue weighted by Gasteiger charge is -2.19. The smallest absolute Gasteiger partial charge is 0.419 e. The molecule has 0 saturated carbocycles. The van der Waals surface area contributed by atoms with E-state index in [9.17, 15) is 13.2 Å². The fourth-order valence-corrected chi connectivity index (χ4v) is 2.16. The van der Waals surface area contributed by atoms with Gasteiger partial charge in [0.1, 0.15) is 5.75 Å². The van der Waals surface area contributed by atoms with Gasteiger partial charge in [-0.25, -0.2) is 0 Å². The first-order chi connectivity index (χ1) is 10.4. The van der Waals surface area contributed by atoms with E-state index in [1.54, 1.807) is 0 Å². The fraction of sp³-hybridized carbons (Fsp3) is 0.294. The summed E-state index contributed by atoms with van der Waals surface area (Å²) in [4.78, 5) is 0. The SMILES string of the molecule is Cc1ccc(C(CN)COc2ccccc2C(F)(F)F)cc1. The summed E-state index contributed by atoms with van der Waals surface area (Å²) in [5, 5.41) is 0. The molecule has 2 aromatic rings. The van der Waals surface area contributed by atoms with Gasteiger partial charge < -0.3 is 10.5 Å². The van der Waals surface area contributed by atoms with E-state index in [0.29, 0.717) is 6.54 Å². The standard InChI is InChI=1S/C17H18F3NO/c1-12-6-8-13(9-7-12)14(10-21)11-22-16-5-3-2-4-15(16)17(18,19)20/h2-9,14H,10-11,21H2,1H3. The van der Waals surface area contributed by atoms with E-state index in [-0.39, 0.29) is 18.3 Å². The summed E-state index contributed by atoms with van der Waals surface area (Å²) in [6, 6.07) is 12.9. The summed E-state index contributed by atoms with van der Waals surface area (Å²) in [5.41, 5.74) is 7.03. The molecule has 0 aliphatic heterocycles. The first-order valence-electron chi connectivity index (χ1n) is 6.97. The van der Waals surface area contributed by atoms with E-state index in [0.717, 1.165) is 17.2 Å². The highest BCUT2D eigenvalue weighted by Crippen LogP contribution is 2.36. The number of para-hydroxylation sites is 1. The molecule has 118 valence electrons. The topological polar surface area (TPSA) is 35.2 Å². The highest BCUT2D eigenvalue weighted by atomic mass is 19.4. The largest absolute Gasteiger partial charge is 0.492 e. The third-order valence-electron chi connectivity index (χ3n) is 3.47. The fourth-order valence-electron chi connectivity index (χ4n) is 2.16. The predicted molar refractivity (Wildman–Crippen MR) is 79.9 cm³/mol. The van der Waals surface area contributed by atoms with Crippen molar-refractivity contribution in [3.05, 3.63) is 65.2 Å². The van der Waals surface area contributed by atoms with Crippen LogP contribution in [0.4, 0.5) is 13.2 Å². The van der Waals surface area contributed by atoms with Crippen molar-refractivity contribution in [3.8, 4) is 5.75 Å². The molecular formula is C17H18F3NO. The van der Waals surface area contributed by atoms with Gasteiger partial charge in [-0.15, -0.1) is 0 Å². The number of hydrogen-bond donors (Lipinski definition) is 1. The van der Waals surface area contributed by atoms with Crippen molar-refractivity contribution in [2.24, 2.45) is 5.73 Å². The van der Waals surface area contributed by atoms with E-state index < -0.39 is 11.7 Å². The van der Waals surface area contributed by atoms with Crippen molar-refractivity contribution in [3.63, 3.8) is 0 Å². The van der Waals surface area contributed by atoms with Crippen LogP contribution in [0.15, 0.2) is 48.5 Å². The third kappa shape index (κ3) is 4.01. The molecule has 2 nitrogen and oxygen atoms in total. The van der Waals surface area contributed by atoms with Gasteiger partial charge >= 0.3 is 6.18 Å². The van der Waals surface area contributed by atoms with Crippen LogP contribution < -0.4 is 10.5 Å². The van der Waals surface area contributed by atoms with Crippen molar-refractivity contribution in [1.29, 1.82) is 0 Å². The van der Waals surface area contributed by atoms with Crippen LogP contribution in [0, 0.1) is 6.92 Å². The molecule has 0 aliphatic carbocycles. The average Bonchev–Trinajstić information content (AvgIpc) is 2.49. The van der Waals surface area contributed by atoms with Gasteiger partial charge in [-0.3, -0.25) is 0 Å². The summed E-state index contributed by atoms with van der Waals surface area (Å²) >= 11 is 0. The number of nitrogens with two attached hydrogens (primary N) is 1. The highest BCUT2D eigenvalue weighted by Gasteiger charge is 2.34. The summed E-state index contributed by atoms with van der Waals surface area (Å²) in [6.45, 7) is 2.38. The number of benzene rings is 2. The summed E-state index contributed by atoms with van der Waals surface area (Å²) in [6.07, 6.45) is -4.43. The van der Waals surface area contributed by atoms with E-state index >= 15 is 0 Å². The Balaban J connectivity index is 2.13. The molecule has 1 atom stereocenters. The second-order valence-electron chi connectivity index (χ2n) is 5.15. The van der Waals surface area contributed by atoms with Crippen molar-refractivity contribution in [1.82, 2.24) is 0 Å².